The minimum Gasteiger partial charge on any atom is -0.379 e. The van der Waals surface area contributed by atoms with Gasteiger partial charge >= 0.3 is 0 Å². The van der Waals surface area contributed by atoms with Crippen molar-refractivity contribution < 1.29 is 9.53 Å². The van der Waals surface area contributed by atoms with E-state index in [0.29, 0.717) is 24.0 Å². The number of ether oxygens (including phenoxy) is 1. The number of rotatable bonds is 7. The molecule has 29 heavy (non-hydrogen) atoms. The Morgan fingerprint density at radius 1 is 1.21 bits per heavy atom. The zero-order chi connectivity index (χ0) is 20.5. The second-order valence-corrected chi connectivity index (χ2v) is 8.22. The van der Waals surface area contributed by atoms with Gasteiger partial charge in [0.15, 0.2) is 5.96 Å². The highest BCUT2D eigenvalue weighted by Crippen LogP contribution is 2.17. The van der Waals surface area contributed by atoms with Crippen LogP contribution in [0.3, 0.4) is 0 Å². The zero-order valence-corrected chi connectivity index (χ0v) is 21.3. The Morgan fingerprint density at radius 3 is 2.41 bits per heavy atom. The first-order valence-corrected chi connectivity index (χ1v) is 11.1. The van der Waals surface area contributed by atoms with Gasteiger partial charge in [-0.05, 0) is 39.5 Å². The molecule has 2 aliphatic rings. The SMILES string of the molecule is CCC(CC)C(=O)N1CCC(NC(=NC)NCC(C)N2CCOCC2C)CC1.I. The fraction of sp³-hybridized carbons (Fsp3) is 0.905. The molecule has 2 atom stereocenters. The molecule has 0 aromatic rings. The molecule has 0 bridgehead atoms. The van der Waals surface area contributed by atoms with Crippen LogP contribution in [0.25, 0.3) is 0 Å². The van der Waals surface area contributed by atoms with Crippen LogP contribution in [0, 0.1) is 5.92 Å². The molecule has 8 heteroatoms. The summed E-state index contributed by atoms with van der Waals surface area (Å²) in [6.07, 6.45) is 3.82. The quantitative estimate of drug-likeness (QED) is 0.305. The number of amides is 1. The van der Waals surface area contributed by atoms with Crippen LogP contribution in [0.15, 0.2) is 4.99 Å². The third-order valence-electron chi connectivity index (χ3n) is 6.26. The van der Waals surface area contributed by atoms with Crippen molar-refractivity contribution in [1.82, 2.24) is 20.4 Å². The Hall–Kier alpha value is -0.610. The molecule has 7 nitrogen and oxygen atoms in total. The van der Waals surface area contributed by atoms with Gasteiger partial charge in [-0.25, -0.2) is 0 Å². The number of nitrogens with one attached hydrogen (secondary N) is 2. The van der Waals surface area contributed by atoms with E-state index in [9.17, 15) is 4.79 Å². The summed E-state index contributed by atoms with van der Waals surface area (Å²) in [5, 5.41) is 7.03. The lowest BCUT2D eigenvalue weighted by Gasteiger charge is -2.38. The molecule has 170 valence electrons. The number of guanidine groups is 1. The van der Waals surface area contributed by atoms with Crippen LogP contribution in [0.5, 0.6) is 0 Å². The summed E-state index contributed by atoms with van der Waals surface area (Å²) in [4.78, 5) is 21.5. The van der Waals surface area contributed by atoms with E-state index < -0.39 is 0 Å². The lowest BCUT2D eigenvalue weighted by Crippen LogP contribution is -2.54. The Labute approximate surface area is 194 Å². The number of morpholine rings is 1. The highest BCUT2D eigenvalue weighted by Gasteiger charge is 2.27. The lowest BCUT2D eigenvalue weighted by molar-refractivity contribution is -0.136. The maximum Gasteiger partial charge on any atom is 0.225 e. The van der Waals surface area contributed by atoms with Crippen molar-refractivity contribution in [3.05, 3.63) is 0 Å². The smallest absolute Gasteiger partial charge is 0.225 e. The van der Waals surface area contributed by atoms with Gasteiger partial charge in [-0.15, -0.1) is 24.0 Å². The molecule has 0 saturated carbocycles. The van der Waals surface area contributed by atoms with Crippen LogP contribution >= 0.6 is 24.0 Å². The maximum absolute atomic E-state index is 12.6. The predicted octanol–water partition coefficient (Wildman–Crippen LogP) is 2.31. The van der Waals surface area contributed by atoms with Crippen molar-refractivity contribution >= 4 is 35.8 Å². The molecule has 2 rings (SSSR count). The van der Waals surface area contributed by atoms with E-state index in [1.165, 1.54) is 0 Å². The second-order valence-electron chi connectivity index (χ2n) is 8.22. The van der Waals surface area contributed by atoms with E-state index in [4.69, 9.17) is 4.74 Å². The van der Waals surface area contributed by atoms with E-state index in [0.717, 1.165) is 71.0 Å². The number of aliphatic imine (C=N–C) groups is 1. The van der Waals surface area contributed by atoms with Crippen molar-refractivity contribution in [2.75, 3.05) is 46.4 Å². The molecule has 2 saturated heterocycles. The van der Waals surface area contributed by atoms with Crippen LogP contribution < -0.4 is 10.6 Å². The van der Waals surface area contributed by atoms with Crippen LogP contribution in [-0.4, -0.2) is 86.2 Å². The molecule has 0 spiro atoms. The molecule has 1 amide bonds. The second kappa shape index (κ2) is 13.6. The average molecular weight is 524 g/mol. The largest absolute Gasteiger partial charge is 0.379 e. The molecule has 2 unspecified atom stereocenters. The monoisotopic (exact) mass is 523 g/mol. The van der Waals surface area contributed by atoms with Crippen molar-refractivity contribution in [3.8, 4) is 0 Å². The molecular weight excluding hydrogens is 481 g/mol. The summed E-state index contributed by atoms with van der Waals surface area (Å²) in [6, 6.07) is 1.25. The molecular formula is C21H42IN5O2. The number of hydrogen-bond acceptors (Lipinski definition) is 4. The van der Waals surface area contributed by atoms with Gasteiger partial charge in [0.05, 0.1) is 13.2 Å². The van der Waals surface area contributed by atoms with Gasteiger partial charge in [-0.2, -0.15) is 0 Å². The van der Waals surface area contributed by atoms with Crippen molar-refractivity contribution in [2.45, 2.75) is 71.5 Å². The number of halogens is 1. The Balaban J connectivity index is 0.00000420. The number of nitrogens with zero attached hydrogens (tertiary/aromatic N) is 3. The van der Waals surface area contributed by atoms with Crippen molar-refractivity contribution in [2.24, 2.45) is 10.9 Å². The molecule has 2 aliphatic heterocycles. The van der Waals surface area contributed by atoms with Gasteiger partial charge in [0, 0.05) is 57.3 Å². The molecule has 0 aromatic carbocycles. The maximum atomic E-state index is 12.6. The summed E-state index contributed by atoms with van der Waals surface area (Å²) in [7, 11) is 1.82. The zero-order valence-electron chi connectivity index (χ0n) is 18.9. The highest BCUT2D eigenvalue weighted by atomic mass is 127. The van der Waals surface area contributed by atoms with Crippen LogP contribution in [0.2, 0.25) is 0 Å². The average Bonchev–Trinajstić information content (AvgIpc) is 2.72. The normalized spacial score (nSPS) is 22.9. The van der Waals surface area contributed by atoms with Crippen LogP contribution in [0.4, 0.5) is 0 Å². The third-order valence-corrected chi connectivity index (χ3v) is 6.26. The first-order chi connectivity index (χ1) is 13.5. The summed E-state index contributed by atoms with van der Waals surface area (Å²) < 4.78 is 5.54. The number of carbonyl (C=O) groups excluding carboxylic acids is 1. The van der Waals surface area contributed by atoms with E-state index in [1.54, 1.807) is 0 Å². The standard InChI is InChI=1S/C21H41N5O2.HI/c1-6-18(7-2)20(27)25-10-8-19(9-11-25)24-21(22-5)23-14-16(3)26-12-13-28-15-17(26)4;/h16-19H,6-15H2,1-5H3,(H2,22,23,24);1H. The van der Waals surface area contributed by atoms with Gasteiger partial charge in [-0.1, -0.05) is 13.8 Å². The topological polar surface area (TPSA) is 69.2 Å². The minimum absolute atomic E-state index is 0. The Morgan fingerprint density at radius 2 is 1.86 bits per heavy atom. The van der Waals surface area contributed by atoms with Gasteiger partial charge < -0.3 is 20.3 Å². The van der Waals surface area contributed by atoms with Crippen molar-refractivity contribution in [1.29, 1.82) is 0 Å². The molecule has 2 fully saturated rings. The van der Waals surface area contributed by atoms with Crippen molar-refractivity contribution in [3.63, 3.8) is 0 Å². The van der Waals surface area contributed by atoms with Crippen LogP contribution in [-0.2, 0) is 9.53 Å². The van der Waals surface area contributed by atoms with Gasteiger partial charge in [0.1, 0.15) is 0 Å². The van der Waals surface area contributed by atoms with Gasteiger partial charge in [0.25, 0.3) is 0 Å². The summed E-state index contributed by atoms with van der Waals surface area (Å²) in [5.74, 6) is 1.37. The molecule has 2 N–H and O–H groups in total. The summed E-state index contributed by atoms with van der Waals surface area (Å²) in [6.45, 7) is 13.8. The molecule has 0 aromatic heterocycles. The molecule has 0 aliphatic carbocycles. The van der Waals surface area contributed by atoms with Gasteiger partial charge in [-0.3, -0.25) is 14.7 Å². The third kappa shape index (κ3) is 7.86. The predicted molar refractivity (Wildman–Crippen MR) is 130 cm³/mol. The first kappa shape index (κ1) is 26.4. The Kier molecular flexibility index (Phi) is 12.4. The number of piperidine rings is 1. The summed E-state index contributed by atoms with van der Waals surface area (Å²) >= 11 is 0. The fourth-order valence-corrected chi connectivity index (χ4v) is 4.28. The van der Waals surface area contributed by atoms with Gasteiger partial charge in [0.2, 0.25) is 5.91 Å². The van der Waals surface area contributed by atoms with E-state index in [2.05, 4.69) is 48.2 Å². The minimum atomic E-state index is 0. The first-order valence-electron chi connectivity index (χ1n) is 11.1. The molecule has 2 heterocycles. The molecule has 0 radical (unpaired) electrons. The fourth-order valence-electron chi connectivity index (χ4n) is 4.28. The number of likely N-dealkylation sites (tertiary alicyclic amines) is 1. The number of hydrogen-bond donors (Lipinski definition) is 2. The lowest BCUT2D eigenvalue weighted by atomic mass is 9.98. The highest BCUT2D eigenvalue weighted by molar-refractivity contribution is 14.0. The summed E-state index contributed by atoms with van der Waals surface area (Å²) in [5.41, 5.74) is 0. The van der Waals surface area contributed by atoms with Crippen LogP contribution in [0.1, 0.15) is 53.4 Å². The number of carbonyl (C=O) groups is 1. The van der Waals surface area contributed by atoms with E-state index in [1.807, 2.05) is 11.9 Å². The van der Waals surface area contributed by atoms with E-state index >= 15 is 0 Å². The Bertz CT molecular complexity index is 507. The van der Waals surface area contributed by atoms with E-state index in [-0.39, 0.29) is 29.9 Å².